The van der Waals surface area contributed by atoms with Crippen LogP contribution >= 0.6 is 11.6 Å². The van der Waals surface area contributed by atoms with Gasteiger partial charge in [-0.3, -0.25) is 9.48 Å². The van der Waals surface area contributed by atoms with Gasteiger partial charge in [0.05, 0.1) is 16.8 Å². The number of nitrogens with zero attached hydrogens (tertiary/aromatic N) is 2. The molecule has 0 bridgehead atoms. The number of carbonyl (C=O) groups excluding carboxylic acids is 1. The standard InChI is InChI=1S/C9H14ClN3O/c1-4-9(2,11)8(14)7-6(10)5-12-13(7)3/h5H,4,11H2,1-3H3. The molecule has 0 radical (unpaired) electrons. The fourth-order valence-corrected chi connectivity index (χ4v) is 1.35. The van der Waals surface area contributed by atoms with Gasteiger partial charge in [-0.05, 0) is 13.3 Å². The number of rotatable bonds is 3. The summed E-state index contributed by atoms with van der Waals surface area (Å²) in [6.07, 6.45) is 2.01. The van der Waals surface area contributed by atoms with Crippen molar-refractivity contribution in [3.05, 3.63) is 16.9 Å². The van der Waals surface area contributed by atoms with E-state index in [-0.39, 0.29) is 5.78 Å². The molecule has 1 unspecified atom stereocenters. The Bertz CT molecular complexity index is 337. The van der Waals surface area contributed by atoms with Crippen LogP contribution in [0.4, 0.5) is 0 Å². The van der Waals surface area contributed by atoms with Gasteiger partial charge in [-0.2, -0.15) is 5.10 Å². The Morgan fingerprint density at radius 3 is 2.71 bits per heavy atom. The maximum absolute atomic E-state index is 11.9. The summed E-state index contributed by atoms with van der Waals surface area (Å²) in [6.45, 7) is 3.56. The average molecular weight is 216 g/mol. The zero-order valence-corrected chi connectivity index (χ0v) is 9.30. The summed E-state index contributed by atoms with van der Waals surface area (Å²) >= 11 is 5.84. The first-order chi connectivity index (χ1) is 6.40. The van der Waals surface area contributed by atoms with E-state index in [9.17, 15) is 4.79 Å². The van der Waals surface area contributed by atoms with Crippen LogP contribution in [0.15, 0.2) is 6.20 Å². The number of ketones is 1. The minimum atomic E-state index is -0.878. The Balaban J connectivity index is 3.13. The van der Waals surface area contributed by atoms with E-state index in [0.29, 0.717) is 17.1 Å². The highest BCUT2D eigenvalue weighted by Gasteiger charge is 2.31. The van der Waals surface area contributed by atoms with Crippen molar-refractivity contribution in [2.75, 3.05) is 0 Å². The fraction of sp³-hybridized carbons (Fsp3) is 0.556. The maximum Gasteiger partial charge on any atom is 0.201 e. The van der Waals surface area contributed by atoms with Crippen LogP contribution in [0.25, 0.3) is 0 Å². The minimum Gasteiger partial charge on any atom is -0.319 e. The minimum absolute atomic E-state index is 0.176. The quantitative estimate of drug-likeness (QED) is 0.775. The van der Waals surface area contributed by atoms with Crippen molar-refractivity contribution in [3.63, 3.8) is 0 Å². The molecule has 1 aromatic heterocycles. The van der Waals surface area contributed by atoms with Crippen molar-refractivity contribution in [2.45, 2.75) is 25.8 Å². The van der Waals surface area contributed by atoms with Gasteiger partial charge in [0.15, 0.2) is 0 Å². The molecule has 14 heavy (non-hydrogen) atoms. The molecule has 5 heteroatoms. The number of nitrogens with two attached hydrogens (primary N) is 1. The molecule has 0 aliphatic rings. The van der Waals surface area contributed by atoms with Crippen LogP contribution < -0.4 is 5.73 Å². The summed E-state index contributed by atoms with van der Waals surface area (Å²) in [7, 11) is 1.67. The summed E-state index contributed by atoms with van der Waals surface area (Å²) in [5.74, 6) is -0.176. The smallest absolute Gasteiger partial charge is 0.201 e. The molecule has 1 aromatic rings. The van der Waals surface area contributed by atoms with Crippen molar-refractivity contribution in [1.29, 1.82) is 0 Å². The van der Waals surface area contributed by atoms with Gasteiger partial charge < -0.3 is 5.73 Å². The van der Waals surface area contributed by atoms with Gasteiger partial charge in [0.25, 0.3) is 0 Å². The molecule has 0 aliphatic carbocycles. The van der Waals surface area contributed by atoms with E-state index < -0.39 is 5.54 Å². The third-order valence-electron chi connectivity index (χ3n) is 2.36. The molecule has 0 aliphatic heterocycles. The SMILES string of the molecule is CCC(C)(N)C(=O)c1c(Cl)cnn1C. The Morgan fingerprint density at radius 1 is 1.79 bits per heavy atom. The Hall–Kier alpha value is -0.870. The summed E-state index contributed by atoms with van der Waals surface area (Å²) in [4.78, 5) is 11.9. The first-order valence-corrected chi connectivity index (χ1v) is 4.79. The molecule has 0 amide bonds. The molecule has 1 atom stereocenters. The van der Waals surface area contributed by atoms with Gasteiger partial charge in [0.1, 0.15) is 5.69 Å². The van der Waals surface area contributed by atoms with Crippen LogP contribution in [0.1, 0.15) is 30.8 Å². The van der Waals surface area contributed by atoms with Crippen molar-refractivity contribution < 1.29 is 4.79 Å². The number of Topliss-reactive ketones (excluding diaryl/α,β-unsaturated/α-hetero) is 1. The van der Waals surface area contributed by atoms with Crippen LogP contribution in [-0.2, 0) is 7.05 Å². The number of aryl methyl sites for hydroxylation is 1. The van der Waals surface area contributed by atoms with Gasteiger partial charge in [-0.1, -0.05) is 18.5 Å². The molecule has 4 nitrogen and oxygen atoms in total. The third-order valence-corrected chi connectivity index (χ3v) is 2.64. The molecule has 0 aromatic carbocycles. The molecular formula is C9H14ClN3O. The fourth-order valence-electron chi connectivity index (χ4n) is 1.10. The molecular weight excluding hydrogens is 202 g/mol. The third kappa shape index (κ3) is 1.81. The molecule has 78 valence electrons. The lowest BCUT2D eigenvalue weighted by atomic mass is 9.92. The number of halogens is 1. The molecule has 0 saturated heterocycles. The summed E-state index contributed by atoms with van der Waals surface area (Å²) in [5.41, 5.74) is 5.34. The highest BCUT2D eigenvalue weighted by molar-refractivity contribution is 6.34. The highest BCUT2D eigenvalue weighted by Crippen LogP contribution is 2.20. The first kappa shape index (κ1) is 11.2. The van der Waals surface area contributed by atoms with E-state index in [0.717, 1.165) is 0 Å². The Labute approximate surface area is 88.0 Å². The van der Waals surface area contributed by atoms with Crippen molar-refractivity contribution >= 4 is 17.4 Å². The molecule has 1 rings (SSSR count). The van der Waals surface area contributed by atoms with Crippen molar-refractivity contribution in [3.8, 4) is 0 Å². The van der Waals surface area contributed by atoms with Gasteiger partial charge in [-0.25, -0.2) is 0 Å². The summed E-state index contributed by atoms with van der Waals surface area (Å²) < 4.78 is 1.45. The molecule has 0 saturated carbocycles. The van der Waals surface area contributed by atoms with Crippen LogP contribution in [-0.4, -0.2) is 21.1 Å². The van der Waals surface area contributed by atoms with E-state index >= 15 is 0 Å². The molecule has 1 heterocycles. The van der Waals surface area contributed by atoms with E-state index in [2.05, 4.69) is 5.10 Å². The number of carbonyl (C=O) groups is 1. The average Bonchev–Trinajstić information content (AvgIpc) is 2.45. The number of aromatic nitrogens is 2. The van der Waals surface area contributed by atoms with Gasteiger partial charge >= 0.3 is 0 Å². The highest BCUT2D eigenvalue weighted by atomic mass is 35.5. The predicted octanol–water partition coefficient (Wildman–Crippen LogP) is 1.38. The molecule has 0 fully saturated rings. The molecule has 2 N–H and O–H groups in total. The van der Waals surface area contributed by atoms with Gasteiger partial charge in [0.2, 0.25) is 5.78 Å². The van der Waals surface area contributed by atoms with E-state index in [4.69, 9.17) is 17.3 Å². The van der Waals surface area contributed by atoms with E-state index in [1.54, 1.807) is 14.0 Å². The molecule has 0 spiro atoms. The summed E-state index contributed by atoms with van der Waals surface area (Å²) in [5, 5.41) is 4.24. The van der Waals surface area contributed by atoms with Crippen molar-refractivity contribution in [2.24, 2.45) is 12.8 Å². The second kappa shape index (κ2) is 3.71. The van der Waals surface area contributed by atoms with Crippen LogP contribution in [0.2, 0.25) is 5.02 Å². The monoisotopic (exact) mass is 215 g/mol. The second-order valence-electron chi connectivity index (χ2n) is 3.56. The summed E-state index contributed by atoms with van der Waals surface area (Å²) in [6, 6.07) is 0. The Kier molecular flexibility index (Phi) is 2.97. The van der Waals surface area contributed by atoms with Gasteiger partial charge in [0, 0.05) is 7.05 Å². The van der Waals surface area contributed by atoms with Crippen LogP contribution in [0.3, 0.4) is 0 Å². The maximum atomic E-state index is 11.9. The number of hydrogen-bond acceptors (Lipinski definition) is 3. The first-order valence-electron chi connectivity index (χ1n) is 4.41. The lowest BCUT2D eigenvalue weighted by molar-refractivity contribution is 0.0888. The predicted molar refractivity (Wildman–Crippen MR) is 55.4 cm³/mol. The zero-order chi connectivity index (χ0) is 10.9. The second-order valence-corrected chi connectivity index (χ2v) is 3.97. The normalized spacial score (nSPS) is 15.2. The lowest BCUT2D eigenvalue weighted by Gasteiger charge is -2.20. The largest absolute Gasteiger partial charge is 0.319 e. The van der Waals surface area contributed by atoms with Crippen LogP contribution in [0, 0.1) is 0 Å². The van der Waals surface area contributed by atoms with Crippen molar-refractivity contribution in [1.82, 2.24) is 9.78 Å². The van der Waals surface area contributed by atoms with Gasteiger partial charge in [-0.15, -0.1) is 0 Å². The topological polar surface area (TPSA) is 60.9 Å². The lowest BCUT2D eigenvalue weighted by Crippen LogP contribution is -2.45. The van der Waals surface area contributed by atoms with E-state index in [1.165, 1.54) is 10.9 Å². The zero-order valence-electron chi connectivity index (χ0n) is 8.54. The van der Waals surface area contributed by atoms with Crippen LogP contribution in [0.5, 0.6) is 0 Å². The van der Waals surface area contributed by atoms with E-state index in [1.807, 2.05) is 6.92 Å². The Morgan fingerprint density at radius 2 is 2.36 bits per heavy atom. The number of hydrogen-bond donors (Lipinski definition) is 1.